The molecule has 0 aliphatic rings. The molecule has 0 aliphatic carbocycles. The maximum atomic E-state index is 12.0. The van der Waals surface area contributed by atoms with E-state index < -0.39 is 0 Å². The minimum atomic E-state index is -0.152. The van der Waals surface area contributed by atoms with Crippen molar-refractivity contribution in [3.63, 3.8) is 0 Å². The zero-order valence-corrected chi connectivity index (χ0v) is 10.2. The van der Waals surface area contributed by atoms with Gasteiger partial charge >= 0.3 is 0 Å². The van der Waals surface area contributed by atoms with Gasteiger partial charge in [-0.15, -0.1) is 0 Å². The van der Waals surface area contributed by atoms with E-state index >= 15 is 0 Å². The van der Waals surface area contributed by atoms with Crippen LogP contribution in [0, 0.1) is 6.92 Å². The molecule has 0 radical (unpaired) electrons. The second kappa shape index (κ2) is 5.42. The molecule has 0 spiro atoms. The van der Waals surface area contributed by atoms with Gasteiger partial charge in [0.05, 0.1) is 5.56 Å². The van der Waals surface area contributed by atoms with Crippen LogP contribution in [0.3, 0.4) is 0 Å². The number of aromatic nitrogens is 1. The number of amides is 1. The van der Waals surface area contributed by atoms with Crippen molar-refractivity contribution in [2.45, 2.75) is 13.5 Å². The zero-order valence-electron chi connectivity index (χ0n) is 10.2. The third-order valence-electron chi connectivity index (χ3n) is 2.70. The predicted molar refractivity (Wildman–Crippen MR) is 71.3 cm³/mol. The monoisotopic (exact) mass is 241 g/mol. The molecule has 4 heteroatoms. The highest BCUT2D eigenvalue weighted by molar-refractivity contribution is 6.04. The first kappa shape index (κ1) is 12.3. The van der Waals surface area contributed by atoms with Gasteiger partial charge in [-0.1, -0.05) is 12.1 Å². The van der Waals surface area contributed by atoms with Crippen LogP contribution in [0.15, 0.2) is 42.6 Å². The summed E-state index contributed by atoms with van der Waals surface area (Å²) in [5.41, 5.74) is 8.60. The van der Waals surface area contributed by atoms with Crippen LogP contribution in [0.5, 0.6) is 0 Å². The maximum absolute atomic E-state index is 12.0. The highest BCUT2D eigenvalue weighted by atomic mass is 16.1. The molecule has 1 amide bonds. The number of carbonyl (C=O) groups is 1. The Morgan fingerprint density at radius 2 is 2.00 bits per heavy atom. The molecule has 1 heterocycles. The van der Waals surface area contributed by atoms with Gasteiger partial charge in [-0.05, 0) is 36.8 Å². The van der Waals surface area contributed by atoms with Gasteiger partial charge < -0.3 is 11.1 Å². The van der Waals surface area contributed by atoms with E-state index in [1.54, 1.807) is 18.3 Å². The van der Waals surface area contributed by atoms with Crippen LogP contribution < -0.4 is 11.1 Å². The van der Waals surface area contributed by atoms with Crippen molar-refractivity contribution in [3.05, 3.63) is 59.4 Å². The first-order chi connectivity index (χ1) is 8.70. The second-order valence-corrected chi connectivity index (χ2v) is 3.99. The summed E-state index contributed by atoms with van der Waals surface area (Å²) in [6.07, 6.45) is 1.67. The molecule has 4 nitrogen and oxygen atoms in total. The molecule has 92 valence electrons. The van der Waals surface area contributed by atoms with Crippen LogP contribution in [0.25, 0.3) is 0 Å². The SMILES string of the molecule is Cc1ncccc1C(=O)Nc1ccc(CN)cc1. The molecule has 1 aromatic carbocycles. The highest BCUT2D eigenvalue weighted by Crippen LogP contribution is 2.12. The topological polar surface area (TPSA) is 68.0 Å². The number of hydrogen-bond acceptors (Lipinski definition) is 3. The van der Waals surface area contributed by atoms with Crippen molar-refractivity contribution in [2.75, 3.05) is 5.32 Å². The number of nitrogens with one attached hydrogen (secondary N) is 1. The number of aryl methyl sites for hydroxylation is 1. The highest BCUT2D eigenvalue weighted by Gasteiger charge is 2.08. The van der Waals surface area contributed by atoms with Crippen molar-refractivity contribution in [3.8, 4) is 0 Å². The van der Waals surface area contributed by atoms with E-state index in [9.17, 15) is 4.79 Å². The van der Waals surface area contributed by atoms with Crippen LogP contribution in [0.4, 0.5) is 5.69 Å². The molecule has 0 fully saturated rings. The van der Waals surface area contributed by atoms with E-state index in [0.717, 1.165) is 11.3 Å². The van der Waals surface area contributed by atoms with Crippen molar-refractivity contribution < 1.29 is 4.79 Å². The average molecular weight is 241 g/mol. The van der Waals surface area contributed by atoms with Crippen molar-refractivity contribution in [1.29, 1.82) is 0 Å². The van der Waals surface area contributed by atoms with E-state index in [1.807, 2.05) is 31.2 Å². The number of hydrogen-bond donors (Lipinski definition) is 2. The zero-order chi connectivity index (χ0) is 13.0. The molecule has 18 heavy (non-hydrogen) atoms. The largest absolute Gasteiger partial charge is 0.326 e. The summed E-state index contributed by atoms with van der Waals surface area (Å²) in [6, 6.07) is 11.0. The molecule has 1 aromatic heterocycles. The Bertz CT molecular complexity index is 549. The normalized spacial score (nSPS) is 10.1. The maximum Gasteiger partial charge on any atom is 0.257 e. The molecule has 0 aliphatic heterocycles. The molecule has 0 atom stereocenters. The van der Waals surface area contributed by atoms with Gasteiger partial charge in [0, 0.05) is 24.1 Å². The van der Waals surface area contributed by atoms with E-state index in [0.29, 0.717) is 17.8 Å². The first-order valence-electron chi connectivity index (χ1n) is 5.72. The minimum absolute atomic E-state index is 0.152. The lowest BCUT2D eigenvalue weighted by atomic mass is 10.1. The molecule has 0 unspecified atom stereocenters. The van der Waals surface area contributed by atoms with Crippen LogP contribution in [-0.4, -0.2) is 10.9 Å². The summed E-state index contributed by atoms with van der Waals surface area (Å²) in [4.78, 5) is 16.1. The molecular formula is C14H15N3O. The fourth-order valence-electron chi connectivity index (χ4n) is 1.65. The summed E-state index contributed by atoms with van der Waals surface area (Å²) in [5, 5.41) is 2.83. The Labute approximate surface area is 106 Å². The summed E-state index contributed by atoms with van der Waals surface area (Å²) < 4.78 is 0. The molecule has 2 rings (SSSR count). The number of benzene rings is 1. The number of nitrogens with zero attached hydrogens (tertiary/aromatic N) is 1. The lowest BCUT2D eigenvalue weighted by Crippen LogP contribution is -2.13. The average Bonchev–Trinajstić information content (AvgIpc) is 2.40. The molecule has 2 aromatic rings. The van der Waals surface area contributed by atoms with Crippen molar-refractivity contribution in [2.24, 2.45) is 5.73 Å². The number of pyridine rings is 1. The van der Waals surface area contributed by atoms with Gasteiger partial charge in [0.1, 0.15) is 0 Å². The Morgan fingerprint density at radius 3 is 2.61 bits per heavy atom. The molecule has 0 bridgehead atoms. The lowest BCUT2D eigenvalue weighted by Gasteiger charge is -2.07. The Hall–Kier alpha value is -2.20. The molecule has 3 N–H and O–H groups in total. The summed E-state index contributed by atoms with van der Waals surface area (Å²) in [6.45, 7) is 2.31. The minimum Gasteiger partial charge on any atom is -0.326 e. The molecule has 0 saturated heterocycles. The third-order valence-corrected chi connectivity index (χ3v) is 2.70. The fourth-order valence-corrected chi connectivity index (χ4v) is 1.65. The molecule has 0 saturated carbocycles. The van der Waals surface area contributed by atoms with Crippen LogP contribution in [-0.2, 0) is 6.54 Å². The predicted octanol–water partition coefficient (Wildman–Crippen LogP) is 2.10. The van der Waals surface area contributed by atoms with E-state index in [4.69, 9.17) is 5.73 Å². The Balaban J connectivity index is 2.14. The Kier molecular flexibility index (Phi) is 3.69. The van der Waals surface area contributed by atoms with Gasteiger partial charge in [0.15, 0.2) is 0 Å². The number of nitrogens with two attached hydrogens (primary N) is 1. The van der Waals surface area contributed by atoms with Gasteiger partial charge in [0.2, 0.25) is 0 Å². The van der Waals surface area contributed by atoms with Crippen molar-refractivity contribution >= 4 is 11.6 Å². The summed E-state index contributed by atoms with van der Waals surface area (Å²) in [5.74, 6) is -0.152. The summed E-state index contributed by atoms with van der Waals surface area (Å²) >= 11 is 0. The van der Waals surface area contributed by atoms with Crippen LogP contribution >= 0.6 is 0 Å². The third kappa shape index (κ3) is 2.73. The van der Waals surface area contributed by atoms with Gasteiger partial charge in [-0.3, -0.25) is 9.78 Å². The van der Waals surface area contributed by atoms with Gasteiger partial charge in [0.25, 0.3) is 5.91 Å². The lowest BCUT2D eigenvalue weighted by molar-refractivity contribution is 0.102. The van der Waals surface area contributed by atoms with Gasteiger partial charge in [-0.25, -0.2) is 0 Å². The summed E-state index contributed by atoms with van der Waals surface area (Å²) in [7, 11) is 0. The Morgan fingerprint density at radius 1 is 1.28 bits per heavy atom. The standard InChI is InChI=1S/C14H15N3O/c1-10-13(3-2-8-16-10)14(18)17-12-6-4-11(9-15)5-7-12/h2-8H,9,15H2,1H3,(H,17,18). The van der Waals surface area contributed by atoms with Crippen LogP contribution in [0.2, 0.25) is 0 Å². The number of rotatable bonds is 3. The van der Waals surface area contributed by atoms with E-state index in [1.165, 1.54) is 0 Å². The van der Waals surface area contributed by atoms with Gasteiger partial charge in [-0.2, -0.15) is 0 Å². The van der Waals surface area contributed by atoms with E-state index in [2.05, 4.69) is 10.3 Å². The van der Waals surface area contributed by atoms with E-state index in [-0.39, 0.29) is 5.91 Å². The molecular weight excluding hydrogens is 226 g/mol. The van der Waals surface area contributed by atoms with Crippen LogP contribution in [0.1, 0.15) is 21.6 Å². The fraction of sp³-hybridized carbons (Fsp3) is 0.143. The second-order valence-electron chi connectivity index (χ2n) is 3.99. The first-order valence-corrected chi connectivity index (χ1v) is 5.72. The quantitative estimate of drug-likeness (QED) is 0.864. The number of anilines is 1. The smallest absolute Gasteiger partial charge is 0.257 e. The van der Waals surface area contributed by atoms with Crippen molar-refractivity contribution in [1.82, 2.24) is 4.98 Å². The number of carbonyl (C=O) groups excluding carboxylic acids is 1.